The number of amidine groups is 1. The van der Waals surface area contributed by atoms with Crippen LogP contribution in [-0.4, -0.2) is 11.0 Å². The smallest absolute Gasteiger partial charge is 0.162 e. The predicted octanol–water partition coefficient (Wildman–Crippen LogP) is 1.03. The van der Waals surface area contributed by atoms with Gasteiger partial charge < -0.3 is 10.9 Å². The molecule has 0 aromatic rings. The van der Waals surface area contributed by atoms with Crippen LogP contribution in [0.1, 0.15) is 0 Å². The van der Waals surface area contributed by atoms with Gasteiger partial charge >= 0.3 is 0 Å². The van der Waals surface area contributed by atoms with Gasteiger partial charge in [0.2, 0.25) is 0 Å². The van der Waals surface area contributed by atoms with Crippen LogP contribution in [0.5, 0.6) is 0 Å². The van der Waals surface area contributed by atoms with E-state index in [0.29, 0.717) is 0 Å². The number of nitrogens with zero attached hydrogens (tertiary/aromatic N) is 1. The van der Waals surface area contributed by atoms with Gasteiger partial charge in [0.1, 0.15) is 0 Å². The Morgan fingerprint density at radius 2 is 2.10 bits per heavy atom. The molecule has 0 amide bonds. The molecule has 0 aromatic heterocycles. The van der Waals surface area contributed by atoms with E-state index in [1.165, 1.54) is 6.08 Å². The van der Waals surface area contributed by atoms with E-state index in [1.54, 1.807) is 24.3 Å². The summed E-state index contributed by atoms with van der Waals surface area (Å²) in [5.74, 6) is 0.0775. The Hall–Kier alpha value is -1.51. The van der Waals surface area contributed by atoms with E-state index in [4.69, 9.17) is 10.9 Å². The molecule has 0 rings (SSSR count). The van der Waals surface area contributed by atoms with Crippen molar-refractivity contribution in [3.63, 3.8) is 0 Å². The molecule has 0 radical (unpaired) electrons. The summed E-state index contributed by atoms with van der Waals surface area (Å²) >= 11 is 0. The first-order valence-corrected chi connectivity index (χ1v) is 2.74. The summed E-state index contributed by atoms with van der Waals surface area (Å²) in [4.78, 5) is 0. The second-order valence-electron chi connectivity index (χ2n) is 1.50. The minimum Gasteiger partial charge on any atom is -0.409 e. The van der Waals surface area contributed by atoms with Crippen LogP contribution in [0, 0.1) is 0 Å². The maximum absolute atomic E-state index is 8.06. The van der Waals surface area contributed by atoms with E-state index in [1.807, 2.05) is 0 Å². The van der Waals surface area contributed by atoms with Crippen LogP contribution < -0.4 is 5.73 Å². The van der Waals surface area contributed by atoms with E-state index in [9.17, 15) is 0 Å². The van der Waals surface area contributed by atoms with Crippen molar-refractivity contribution in [1.29, 1.82) is 0 Å². The minimum absolute atomic E-state index is 0.0775. The number of rotatable bonds is 3. The van der Waals surface area contributed by atoms with E-state index in [-0.39, 0.29) is 5.84 Å². The molecule has 54 valence electrons. The highest BCUT2D eigenvalue weighted by molar-refractivity contribution is 5.90. The minimum atomic E-state index is 0.0775. The first-order chi connectivity index (χ1) is 4.81. The predicted molar refractivity (Wildman–Crippen MR) is 41.9 cm³/mol. The Morgan fingerprint density at radius 3 is 2.60 bits per heavy atom. The summed E-state index contributed by atoms with van der Waals surface area (Å²) in [6.07, 6.45) is 8.22. The molecule has 0 saturated carbocycles. The first kappa shape index (κ1) is 8.49. The van der Waals surface area contributed by atoms with Gasteiger partial charge in [0.05, 0.1) is 0 Å². The number of hydrogen-bond acceptors (Lipinski definition) is 2. The number of hydrogen-bond donors (Lipinski definition) is 2. The molecule has 10 heavy (non-hydrogen) atoms. The highest BCUT2D eigenvalue weighted by Gasteiger charge is 1.76. The fourth-order valence-electron chi connectivity index (χ4n) is 0.330. The summed E-state index contributed by atoms with van der Waals surface area (Å²) in [5, 5.41) is 10.8. The molecule has 0 aliphatic heterocycles. The third kappa shape index (κ3) is 4.64. The molecule has 0 aliphatic rings. The van der Waals surface area contributed by atoms with Gasteiger partial charge in [-0.3, -0.25) is 0 Å². The second-order valence-corrected chi connectivity index (χ2v) is 1.50. The molecule has 0 spiro atoms. The summed E-state index contributed by atoms with van der Waals surface area (Å²) in [6.45, 7) is 3.47. The van der Waals surface area contributed by atoms with Crippen LogP contribution in [0.3, 0.4) is 0 Å². The van der Waals surface area contributed by atoms with Gasteiger partial charge in [-0.15, -0.1) is 0 Å². The van der Waals surface area contributed by atoms with Gasteiger partial charge in [-0.25, -0.2) is 0 Å². The quantitative estimate of drug-likeness (QED) is 0.201. The fourth-order valence-corrected chi connectivity index (χ4v) is 0.330. The summed E-state index contributed by atoms with van der Waals surface area (Å²) in [5.41, 5.74) is 5.11. The Morgan fingerprint density at radius 1 is 1.40 bits per heavy atom. The molecule has 3 nitrogen and oxygen atoms in total. The van der Waals surface area contributed by atoms with Crippen molar-refractivity contribution >= 4 is 5.84 Å². The van der Waals surface area contributed by atoms with Crippen molar-refractivity contribution in [3.8, 4) is 0 Å². The fraction of sp³-hybridized carbons (Fsp3) is 0. The molecule has 3 N–H and O–H groups in total. The van der Waals surface area contributed by atoms with Gasteiger partial charge in [0, 0.05) is 0 Å². The van der Waals surface area contributed by atoms with Crippen LogP contribution in [0.4, 0.5) is 0 Å². The van der Waals surface area contributed by atoms with Crippen molar-refractivity contribution in [3.05, 3.63) is 37.0 Å². The van der Waals surface area contributed by atoms with Gasteiger partial charge in [-0.05, 0) is 6.08 Å². The lowest BCUT2D eigenvalue weighted by molar-refractivity contribution is 0.319. The lowest BCUT2D eigenvalue weighted by Crippen LogP contribution is -2.06. The molecule has 0 aromatic carbocycles. The molecule has 0 heterocycles. The van der Waals surface area contributed by atoms with E-state index in [0.717, 1.165) is 0 Å². The standard InChI is InChI=1S/C7H10N2O/c1-2-3-4-5-6-7(8)9-10/h2-6,10H,1H2,(H2,8,9)/b4-3-,6-5+. The van der Waals surface area contributed by atoms with Crippen molar-refractivity contribution in [2.75, 3.05) is 0 Å². The molecule has 0 atom stereocenters. The molecule has 0 fully saturated rings. The number of allylic oxidation sites excluding steroid dienone is 4. The van der Waals surface area contributed by atoms with Gasteiger partial charge in [-0.2, -0.15) is 0 Å². The van der Waals surface area contributed by atoms with Gasteiger partial charge in [0.15, 0.2) is 5.84 Å². The lowest BCUT2D eigenvalue weighted by Gasteiger charge is -1.81. The van der Waals surface area contributed by atoms with Crippen LogP contribution in [0.25, 0.3) is 0 Å². The zero-order valence-corrected chi connectivity index (χ0v) is 5.57. The zero-order valence-electron chi connectivity index (χ0n) is 5.57. The van der Waals surface area contributed by atoms with Crippen molar-refractivity contribution in [2.24, 2.45) is 10.9 Å². The second kappa shape index (κ2) is 5.62. The van der Waals surface area contributed by atoms with Crippen molar-refractivity contribution in [2.45, 2.75) is 0 Å². The topological polar surface area (TPSA) is 58.6 Å². The van der Waals surface area contributed by atoms with Crippen LogP contribution in [0.2, 0.25) is 0 Å². The van der Waals surface area contributed by atoms with Crippen molar-refractivity contribution in [1.82, 2.24) is 0 Å². The van der Waals surface area contributed by atoms with Crippen LogP contribution in [0.15, 0.2) is 42.1 Å². The summed E-state index contributed by atoms with van der Waals surface area (Å²) in [7, 11) is 0. The largest absolute Gasteiger partial charge is 0.409 e. The molecule has 0 saturated heterocycles. The van der Waals surface area contributed by atoms with E-state index < -0.39 is 0 Å². The first-order valence-electron chi connectivity index (χ1n) is 2.74. The highest BCUT2D eigenvalue weighted by atomic mass is 16.4. The molecular formula is C7H10N2O. The Balaban J connectivity index is 3.77. The maximum atomic E-state index is 8.06. The monoisotopic (exact) mass is 138 g/mol. The average Bonchev–Trinajstić information content (AvgIpc) is 1.98. The summed E-state index contributed by atoms with van der Waals surface area (Å²) < 4.78 is 0. The summed E-state index contributed by atoms with van der Waals surface area (Å²) in [6, 6.07) is 0. The third-order valence-electron chi connectivity index (χ3n) is 0.741. The van der Waals surface area contributed by atoms with Crippen LogP contribution in [-0.2, 0) is 0 Å². The van der Waals surface area contributed by atoms with E-state index in [2.05, 4.69) is 11.7 Å². The SMILES string of the molecule is C=C\C=C/C=C/C(N)=N/O. The maximum Gasteiger partial charge on any atom is 0.162 e. The normalized spacial score (nSPS) is 13.0. The Labute approximate surface area is 59.8 Å². The van der Waals surface area contributed by atoms with Crippen LogP contribution >= 0.6 is 0 Å². The molecule has 0 aliphatic carbocycles. The number of nitrogens with two attached hydrogens (primary N) is 1. The number of oxime groups is 1. The Kier molecular flexibility index (Phi) is 4.77. The molecular weight excluding hydrogens is 128 g/mol. The van der Waals surface area contributed by atoms with Gasteiger partial charge in [0.25, 0.3) is 0 Å². The average molecular weight is 138 g/mol. The molecule has 0 bridgehead atoms. The van der Waals surface area contributed by atoms with E-state index >= 15 is 0 Å². The third-order valence-corrected chi connectivity index (χ3v) is 0.741. The highest BCUT2D eigenvalue weighted by Crippen LogP contribution is 1.77. The molecule has 0 unspecified atom stereocenters. The molecule has 3 heteroatoms. The zero-order chi connectivity index (χ0) is 7.82. The van der Waals surface area contributed by atoms with Gasteiger partial charge in [-0.1, -0.05) is 36.0 Å². The van der Waals surface area contributed by atoms with Crippen molar-refractivity contribution < 1.29 is 5.21 Å². The lowest BCUT2D eigenvalue weighted by atomic mass is 10.4. The Bertz CT molecular complexity index is 180.